The molecule has 1 atom stereocenters. The second kappa shape index (κ2) is 7.79. The minimum atomic E-state index is -0.103. The monoisotopic (exact) mass is 347 g/mol. The number of nitrogens with one attached hydrogen (secondary N) is 1. The van der Waals surface area contributed by atoms with E-state index in [0.717, 1.165) is 18.4 Å². The van der Waals surface area contributed by atoms with Crippen LogP contribution in [-0.2, 0) is 11.2 Å². The molecule has 1 fully saturated rings. The van der Waals surface area contributed by atoms with Gasteiger partial charge in [-0.3, -0.25) is 4.79 Å². The summed E-state index contributed by atoms with van der Waals surface area (Å²) < 4.78 is 5.30. The lowest BCUT2D eigenvalue weighted by molar-refractivity contribution is -0.122. The largest absolute Gasteiger partial charge is 0.425 e. The van der Waals surface area contributed by atoms with Crippen LogP contribution in [0.4, 0.5) is 0 Å². The molecule has 0 saturated heterocycles. The average molecular weight is 348 g/mol. The van der Waals surface area contributed by atoms with Crippen LogP contribution in [0.25, 0.3) is 0 Å². The molecule has 128 valence electrons. The number of aryl methyl sites for hydroxylation is 1. The van der Waals surface area contributed by atoms with Crippen LogP contribution in [0, 0.1) is 12.8 Å². The van der Waals surface area contributed by atoms with Gasteiger partial charge in [-0.2, -0.15) is 0 Å². The first-order valence-corrected chi connectivity index (χ1v) is 8.83. The third kappa shape index (κ3) is 4.35. The number of halogens is 1. The third-order valence-electron chi connectivity index (χ3n) is 4.53. The second-order valence-corrected chi connectivity index (χ2v) is 6.83. The van der Waals surface area contributed by atoms with E-state index in [0.29, 0.717) is 22.7 Å². The van der Waals surface area contributed by atoms with Crippen molar-refractivity contribution in [3.05, 3.63) is 46.6 Å². The molecule has 3 rings (SSSR count). The van der Waals surface area contributed by atoms with Crippen LogP contribution in [0.15, 0.2) is 28.7 Å². The number of carbonyl (C=O) groups is 1. The molecule has 1 aliphatic rings. The van der Waals surface area contributed by atoms with Gasteiger partial charge in [0.2, 0.25) is 17.7 Å². The van der Waals surface area contributed by atoms with Crippen LogP contribution in [0.1, 0.15) is 55.5 Å². The number of benzene rings is 1. The molecule has 0 radical (unpaired) electrons. The summed E-state index contributed by atoms with van der Waals surface area (Å²) in [5, 5.41) is 11.5. The highest BCUT2D eigenvalue weighted by atomic mass is 35.5. The Morgan fingerprint density at radius 3 is 2.79 bits per heavy atom. The van der Waals surface area contributed by atoms with E-state index in [1.54, 1.807) is 6.92 Å². The molecule has 0 aliphatic heterocycles. The third-order valence-corrected chi connectivity index (χ3v) is 4.76. The zero-order valence-corrected chi connectivity index (χ0v) is 14.6. The lowest BCUT2D eigenvalue weighted by Crippen LogP contribution is -2.35. The van der Waals surface area contributed by atoms with Gasteiger partial charge in [-0.25, -0.2) is 0 Å². The number of aromatic nitrogens is 2. The maximum absolute atomic E-state index is 12.5. The molecular weight excluding hydrogens is 326 g/mol. The molecule has 0 bridgehead atoms. The highest BCUT2D eigenvalue weighted by molar-refractivity contribution is 6.30. The van der Waals surface area contributed by atoms with Crippen molar-refractivity contribution < 1.29 is 9.21 Å². The van der Waals surface area contributed by atoms with Gasteiger partial charge in [0.15, 0.2) is 0 Å². The summed E-state index contributed by atoms with van der Waals surface area (Å²) in [6.45, 7) is 1.71. The SMILES string of the molecule is Cc1nnc(CC(=O)NC(c2cccc(Cl)c2)C2CCCCC2)o1. The quantitative estimate of drug-likeness (QED) is 0.887. The molecular formula is C18H22ClN3O2. The Morgan fingerprint density at radius 1 is 1.33 bits per heavy atom. The van der Waals surface area contributed by atoms with Crippen LogP contribution in [0.3, 0.4) is 0 Å². The fourth-order valence-corrected chi connectivity index (χ4v) is 3.61. The molecule has 0 spiro atoms. The summed E-state index contributed by atoms with van der Waals surface area (Å²) in [4.78, 5) is 12.5. The number of hydrogen-bond acceptors (Lipinski definition) is 4. The van der Waals surface area contributed by atoms with E-state index in [2.05, 4.69) is 15.5 Å². The second-order valence-electron chi connectivity index (χ2n) is 6.39. The van der Waals surface area contributed by atoms with Gasteiger partial charge >= 0.3 is 0 Å². The lowest BCUT2D eigenvalue weighted by atomic mass is 9.81. The van der Waals surface area contributed by atoms with Crippen molar-refractivity contribution in [3.63, 3.8) is 0 Å². The predicted molar refractivity (Wildman–Crippen MR) is 91.6 cm³/mol. The van der Waals surface area contributed by atoms with Crippen molar-refractivity contribution >= 4 is 17.5 Å². The van der Waals surface area contributed by atoms with Gasteiger partial charge in [0, 0.05) is 11.9 Å². The van der Waals surface area contributed by atoms with Crippen LogP contribution < -0.4 is 5.32 Å². The lowest BCUT2D eigenvalue weighted by Gasteiger charge is -2.31. The van der Waals surface area contributed by atoms with Gasteiger partial charge in [0.1, 0.15) is 6.42 Å². The smallest absolute Gasteiger partial charge is 0.229 e. The average Bonchev–Trinajstić information content (AvgIpc) is 2.98. The summed E-state index contributed by atoms with van der Waals surface area (Å²) in [6, 6.07) is 7.73. The number of carbonyl (C=O) groups excluding carboxylic acids is 1. The first-order chi connectivity index (χ1) is 11.6. The molecule has 1 aromatic heterocycles. The maximum atomic E-state index is 12.5. The topological polar surface area (TPSA) is 68.0 Å². The van der Waals surface area contributed by atoms with Crippen LogP contribution >= 0.6 is 11.6 Å². The molecule has 1 amide bonds. The van der Waals surface area contributed by atoms with Gasteiger partial charge in [0.25, 0.3) is 0 Å². The minimum absolute atomic E-state index is 0.0273. The molecule has 1 aliphatic carbocycles. The van der Waals surface area contributed by atoms with Crippen LogP contribution in [0.5, 0.6) is 0 Å². The van der Waals surface area contributed by atoms with Crippen molar-refractivity contribution in [2.45, 2.75) is 51.5 Å². The first-order valence-electron chi connectivity index (χ1n) is 8.45. The van der Waals surface area contributed by atoms with Crippen molar-refractivity contribution in [1.82, 2.24) is 15.5 Å². The normalized spacial score (nSPS) is 16.8. The standard InChI is InChI=1S/C18H22ClN3O2/c1-12-21-22-17(24-12)11-16(23)20-18(13-6-3-2-4-7-13)14-8-5-9-15(19)10-14/h5,8-10,13,18H,2-4,6-7,11H2,1H3,(H,20,23). The van der Waals surface area contributed by atoms with Gasteiger partial charge in [-0.05, 0) is 36.5 Å². The Labute approximate surface area is 146 Å². The van der Waals surface area contributed by atoms with E-state index < -0.39 is 0 Å². The molecule has 24 heavy (non-hydrogen) atoms. The van der Waals surface area contributed by atoms with Gasteiger partial charge in [-0.1, -0.05) is 43.0 Å². The van der Waals surface area contributed by atoms with E-state index in [-0.39, 0.29) is 18.4 Å². The number of rotatable bonds is 5. The van der Waals surface area contributed by atoms with Gasteiger partial charge in [-0.15, -0.1) is 10.2 Å². The molecule has 2 aromatic rings. The molecule has 1 unspecified atom stereocenters. The molecule has 1 heterocycles. The zero-order chi connectivity index (χ0) is 16.9. The fourth-order valence-electron chi connectivity index (χ4n) is 3.41. The van der Waals surface area contributed by atoms with Gasteiger partial charge in [0.05, 0.1) is 6.04 Å². The summed E-state index contributed by atoms with van der Waals surface area (Å²) >= 11 is 6.15. The summed E-state index contributed by atoms with van der Waals surface area (Å²) in [6.07, 6.45) is 6.04. The number of hydrogen-bond donors (Lipinski definition) is 1. The van der Waals surface area contributed by atoms with Crippen molar-refractivity contribution in [1.29, 1.82) is 0 Å². The fraction of sp³-hybridized carbons (Fsp3) is 0.500. The number of nitrogens with zero attached hydrogens (tertiary/aromatic N) is 2. The molecule has 6 heteroatoms. The Hall–Kier alpha value is -1.88. The Morgan fingerprint density at radius 2 is 2.12 bits per heavy atom. The minimum Gasteiger partial charge on any atom is -0.425 e. The van der Waals surface area contributed by atoms with E-state index in [1.165, 1.54) is 19.3 Å². The molecule has 1 saturated carbocycles. The van der Waals surface area contributed by atoms with Crippen molar-refractivity contribution in [2.75, 3.05) is 0 Å². The van der Waals surface area contributed by atoms with E-state index in [4.69, 9.17) is 16.0 Å². The summed E-state index contributed by atoms with van der Waals surface area (Å²) in [5.41, 5.74) is 1.06. The van der Waals surface area contributed by atoms with Crippen LogP contribution in [0.2, 0.25) is 5.02 Å². The van der Waals surface area contributed by atoms with E-state index >= 15 is 0 Å². The van der Waals surface area contributed by atoms with E-state index in [1.807, 2.05) is 24.3 Å². The van der Waals surface area contributed by atoms with Crippen molar-refractivity contribution in [2.24, 2.45) is 5.92 Å². The summed E-state index contributed by atoms with van der Waals surface area (Å²) in [7, 11) is 0. The first kappa shape index (κ1) is 17.0. The predicted octanol–water partition coefficient (Wildman–Crippen LogP) is 4.01. The molecule has 1 N–H and O–H groups in total. The highest BCUT2D eigenvalue weighted by Crippen LogP contribution is 2.35. The Bertz CT molecular complexity index is 695. The van der Waals surface area contributed by atoms with Crippen molar-refractivity contribution in [3.8, 4) is 0 Å². The number of amides is 1. The Balaban J connectivity index is 1.75. The molecule has 1 aromatic carbocycles. The Kier molecular flexibility index (Phi) is 5.51. The summed E-state index contributed by atoms with van der Waals surface area (Å²) in [5.74, 6) is 1.15. The maximum Gasteiger partial charge on any atom is 0.229 e. The van der Waals surface area contributed by atoms with Crippen LogP contribution in [-0.4, -0.2) is 16.1 Å². The van der Waals surface area contributed by atoms with Gasteiger partial charge < -0.3 is 9.73 Å². The van der Waals surface area contributed by atoms with E-state index in [9.17, 15) is 4.79 Å². The highest BCUT2D eigenvalue weighted by Gasteiger charge is 2.27. The zero-order valence-electron chi connectivity index (χ0n) is 13.8. The molecule has 5 nitrogen and oxygen atoms in total.